The molecule has 1 saturated heterocycles. The number of nitrogens with zero attached hydrogens (tertiary/aromatic N) is 1. The molecule has 2 fully saturated rings. The summed E-state index contributed by atoms with van der Waals surface area (Å²) in [6.45, 7) is 0.509. The zero-order valence-corrected chi connectivity index (χ0v) is 17.9. The highest BCUT2D eigenvalue weighted by Crippen LogP contribution is 2.50. The quantitative estimate of drug-likeness (QED) is 0.597. The number of rotatable bonds is 3. The molecule has 2 aliphatic heterocycles. The lowest BCUT2D eigenvalue weighted by Crippen LogP contribution is -2.38. The number of cyclic esters (lactones) is 1. The first-order valence-corrected chi connectivity index (χ1v) is 11.2. The summed E-state index contributed by atoms with van der Waals surface area (Å²) in [5, 5.41) is 0. The van der Waals surface area contributed by atoms with E-state index in [0.29, 0.717) is 12.4 Å². The Labute approximate surface area is 189 Å². The van der Waals surface area contributed by atoms with Crippen molar-refractivity contribution in [3.8, 4) is 5.75 Å². The van der Waals surface area contributed by atoms with E-state index in [1.165, 1.54) is 4.90 Å². The van der Waals surface area contributed by atoms with Gasteiger partial charge in [-0.1, -0.05) is 36.4 Å². The highest BCUT2D eigenvalue weighted by molar-refractivity contribution is 5.93. The molecule has 8 heteroatoms. The molecule has 2 aromatic carbocycles. The lowest BCUT2D eigenvalue weighted by Gasteiger charge is -2.36. The predicted octanol–water partition coefficient (Wildman–Crippen LogP) is 5.64. The van der Waals surface area contributed by atoms with Gasteiger partial charge in [-0.05, 0) is 49.3 Å². The number of halogens is 3. The van der Waals surface area contributed by atoms with E-state index in [1.54, 1.807) is 6.07 Å². The minimum absolute atomic E-state index is 0.103. The first kappa shape index (κ1) is 21.8. The maximum atomic E-state index is 13.0. The van der Waals surface area contributed by atoms with Gasteiger partial charge in [0.1, 0.15) is 18.4 Å². The van der Waals surface area contributed by atoms with Crippen molar-refractivity contribution in [1.82, 2.24) is 4.90 Å². The van der Waals surface area contributed by atoms with Crippen LogP contribution < -0.4 is 4.74 Å². The van der Waals surface area contributed by atoms with Gasteiger partial charge < -0.3 is 9.47 Å². The minimum atomic E-state index is -4.40. The molecule has 2 aromatic rings. The van der Waals surface area contributed by atoms with E-state index in [0.717, 1.165) is 48.9 Å². The fourth-order valence-corrected chi connectivity index (χ4v) is 5.36. The van der Waals surface area contributed by atoms with Gasteiger partial charge in [-0.15, -0.1) is 0 Å². The van der Waals surface area contributed by atoms with Crippen molar-refractivity contribution in [2.75, 3.05) is 13.2 Å². The second-order valence-electron chi connectivity index (χ2n) is 9.19. The number of fused-ring (bicyclic) bond motifs is 2. The molecule has 33 heavy (non-hydrogen) atoms. The van der Waals surface area contributed by atoms with Crippen molar-refractivity contribution in [3.63, 3.8) is 0 Å². The Morgan fingerprint density at radius 3 is 2.48 bits per heavy atom. The molecule has 174 valence electrons. The highest BCUT2D eigenvalue weighted by Gasteiger charge is 2.46. The average molecular weight is 459 g/mol. The summed E-state index contributed by atoms with van der Waals surface area (Å²) in [7, 11) is 0. The Balaban J connectivity index is 1.25. The number of carbonyl (C=O) groups is 2. The molecule has 0 aromatic heterocycles. The molecule has 5 rings (SSSR count). The van der Waals surface area contributed by atoms with Crippen molar-refractivity contribution >= 4 is 12.0 Å². The first-order chi connectivity index (χ1) is 15.8. The standard InChI is InChI=1S/C25H24F3NO4/c26-25(27,28)18-6-7-19-21(13-18)33-15-24(19)10-8-16(9-11-24)12-22(30)29-20(14-32-23(29)31)17-4-2-1-3-5-17/h1-7,13,16,20H,8-12,14-15H2/t16?,20-,24?/m1/s1. The number of ether oxygens (including phenoxy) is 2. The van der Waals surface area contributed by atoms with Gasteiger partial charge in [-0.2, -0.15) is 13.2 Å². The average Bonchev–Trinajstić information content (AvgIpc) is 3.36. The van der Waals surface area contributed by atoms with Crippen LogP contribution in [0.2, 0.25) is 0 Å². The maximum Gasteiger partial charge on any atom is 0.417 e. The third kappa shape index (κ3) is 3.96. The Bertz CT molecular complexity index is 1060. The van der Waals surface area contributed by atoms with Crippen molar-refractivity contribution in [2.45, 2.75) is 49.7 Å². The number of hydrogen-bond acceptors (Lipinski definition) is 4. The van der Waals surface area contributed by atoms with Crippen molar-refractivity contribution in [1.29, 1.82) is 0 Å². The molecule has 2 amide bonds. The molecule has 0 radical (unpaired) electrons. The van der Waals surface area contributed by atoms with Crippen LogP contribution in [0.15, 0.2) is 48.5 Å². The Morgan fingerprint density at radius 2 is 1.79 bits per heavy atom. The molecular formula is C25H24F3NO4. The van der Waals surface area contributed by atoms with Gasteiger partial charge in [0.15, 0.2) is 0 Å². The van der Waals surface area contributed by atoms with Crippen LogP contribution in [0.4, 0.5) is 18.0 Å². The number of alkyl halides is 3. The molecule has 1 saturated carbocycles. The number of amides is 2. The molecule has 3 aliphatic rings. The third-order valence-electron chi connectivity index (χ3n) is 7.24. The molecule has 0 bridgehead atoms. The normalized spacial score (nSPS) is 26.8. The van der Waals surface area contributed by atoms with Crippen LogP contribution in [0.25, 0.3) is 0 Å². The van der Waals surface area contributed by atoms with Crippen LogP contribution in [0, 0.1) is 5.92 Å². The summed E-state index contributed by atoms with van der Waals surface area (Å²) in [5.74, 6) is 0.168. The molecule has 1 aliphatic carbocycles. The predicted molar refractivity (Wildman–Crippen MR) is 113 cm³/mol. The van der Waals surface area contributed by atoms with Crippen LogP contribution in [0.5, 0.6) is 5.75 Å². The van der Waals surface area contributed by atoms with E-state index in [2.05, 4.69) is 0 Å². The highest BCUT2D eigenvalue weighted by atomic mass is 19.4. The van der Waals surface area contributed by atoms with Gasteiger partial charge in [0.2, 0.25) is 5.91 Å². The fourth-order valence-electron chi connectivity index (χ4n) is 5.36. The molecule has 0 unspecified atom stereocenters. The van der Waals surface area contributed by atoms with E-state index in [9.17, 15) is 22.8 Å². The van der Waals surface area contributed by atoms with Crippen LogP contribution in [-0.4, -0.2) is 30.1 Å². The van der Waals surface area contributed by atoms with E-state index in [1.807, 2.05) is 30.3 Å². The summed E-state index contributed by atoms with van der Waals surface area (Å²) in [4.78, 5) is 26.5. The zero-order chi connectivity index (χ0) is 23.2. The molecule has 0 N–H and O–H groups in total. The van der Waals surface area contributed by atoms with Gasteiger partial charge in [-0.25, -0.2) is 9.69 Å². The SMILES string of the molecule is O=C(CC1CCC2(CC1)COc1cc(C(F)(F)F)ccc12)N1C(=O)OC[C@@H]1c1ccccc1. The van der Waals surface area contributed by atoms with Crippen molar-refractivity contribution < 1.29 is 32.2 Å². The number of benzene rings is 2. The number of carbonyl (C=O) groups excluding carboxylic acids is 2. The maximum absolute atomic E-state index is 13.0. The smallest absolute Gasteiger partial charge is 0.417 e. The third-order valence-corrected chi connectivity index (χ3v) is 7.24. The minimum Gasteiger partial charge on any atom is -0.492 e. The van der Waals surface area contributed by atoms with Crippen LogP contribution in [0.1, 0.15) is 54.8 Å². The second-order valence-corrected chi connectivity index (χ2v) is 9.19. The lowest BCUT2D eigenvalue weighted by atomic mass is 9.67. The molecule has 1 spiro atoms. The lowest BCUT2D eigenvalue weighted by molar-refractivity contribution is -0.137. The van der Waals surface area contributed by atoms with Gasteiger partial charge in [0.05, 0.1) is 12.2 Å². The topological polar surface area (TPSA) is 55.8 Å². The summed E-state index contributed by atoms with van der Waals surface area (Å²) in [5.41, 5.74) is 0.672. The zero-order valence-electron chi connectivity index (χ0n) is 17.9. The number of imide groups is 1. The van der Waals surface area contributed by atoms with Gasteiger partial charge in [0.25, 0.3) is 0 Å². The second kappa shape index (κ2) is 8.08. The summed E-state index contributed by atoms with van der Waals surface area (Å²) < 4.78 is 49.9. The van der Waals surface area contributed by atoms with Crippen LogP contribution in [0.3, 0.4) is 0 Å². The van der Waals surface area contributed by atoms with Crippen LogP contribution >= 0.6 is 0 Å². The molecular weight excluding hydrogens is 435 g/mol. The Morgan fingerprint density at radius 1 is 1.06 bits per heavy atom. The van der Waals surface area contributed by atoms with E-state index >= 15 is 0 Å². The van der Waals surface area contributed by atoms with E-state index in [-0.39, 0.29) is 30.3 Å². The Hall–Kier alpha value is -3.03. The summed E-state index contributed by atoms with van der Waals surface area (Å²) in [6.07, 6.45) is -1.82. The fraction of sp³-hybridized carbons (Fsp3) is 0.440. The van der Waals surface area contributed by atoms with Crippen molar-refractivity contribution in [3.05, 3.63) is 65.2 Å². The Kier molecular flexibility index (Phi) is 5.34. The largest absolute Gasteiger partial charge is 0.492 e. The van der Waals surface area contributed by atoms with Gasteiger partial charge in [0, 0.05) is 17.4 Å². The van der Waals surface area contributed by atoms with E-state index < -0.39 is 23.9 Å². The molecule has 5 nitrogen and oxygen atoms in total. The number of hydrogen-bond donors (Lipinski definition) is 0. The van der Waals surface area contributed by atoms with Gasteiger partial charge in [-0.3, -0.25) is 4.79 Å². The molecule has 2 heterocycles. The summed E-state index contributed by atoms with van der Waals surface area (Å²) in [6, 6.07) is 12.7. The van der Waals surface area contributed by atoms with Crippen molar-refractivity contribution in [2.24, 2.45) is 5.92 Å². The monoisotopic (exact) mass is 459 g/mol. The van der Waals surface area contributed by atoms with Gasteiger partial charge >= 0.3 is 12.3 Å². The van der Waals surface area contributed by atoms with Crippen LogP contribution in [-0.2, 0) is 21.1 Å². The first-order valence-electron chi connectivity index (χ1n) is 11.2. The summed E-state index contributed by atoms with van der Waals surface area (Å²) >= 11 is 0. The van der Waals surface area contributed by atoms with E-state index in [4.69, 9.17) is 9.47 Å². The molecule has 1 atom stereocenters.